The fraction of sp³-hybridized carbons (Fsp3) is 0.500. The Morgan fingerprint density at radius 2 is 2.20 bits per heavy atom. The minimum Gasteiger partial charge on any atom is -0.380 e. The fourth-order valence-corrected chi connectivity index (χ4v) is 2.06. The van der Waals surface area contributed by atoms with Gasteiger partial charge >= 0.3 is 0 Å². The van der Waals surface area contributed by atoms with Crippen LogP contribution < -0.4 is 10.6 Å². The Hall–Kier alpha value is -1.14. The lowest BCUT2D eigenvalue weighted by Crippen LogP contribution is -2.47. The molecule has 0 aromatic heterocycles. The van der Waals surface area contributed by atoms with Crippen molar-refractivity contribution in [2.45, 2.75) is 19.3 Å². The van der Waals surface area contributed by atoms with Gasteiger partial charge < -0.3 is 20.1 Å². The van der Waals surface area contributed by atoms with Crippen LogP contribution in [0.2, 0.25) is 0 Å². The molecule has 1 aliphatic heterocycles. The first kappa shape index (κ1) is 16.9. The largest absolute Gasteiger partial charge is 0.380 e. The van der Waals surface area contributed by atoms with E-state index in [2.05, 4.69) is 10.6 Å². The van der Waals surface area contributed by atoms with Crippen LogP contribution in [-0.2, 0) is 27.4 Å². The lowest BCUT2D eigenvalue weighted by Gasteiger charge is -2.23. The molecule has 2 N–H and O–H groups in total. The summed E-state index contributed by atoms with van der Waals surface area (Å²) in [5.41, 5.74) is 2.16. The maximum Gasteiger partial charge on any atom is 0.250 e. The van der Waals surface area contributed by atoms with Gasteiger partial charge in [-0.1, -0.05) is 24.3 Å². The van der Waals surface area contributed by atoms with Crippen molar-refractivity contribution in [1.29, 1.82) is 0 Å². The SMILES string of the molecule is COCc1ccccc1CNC(=O)C1CNCCO1.Cl. The van der Waals surface area contributed by atoms with E-state index >= 15 is 0 Å². The lowest BCUT2D eigenvalue weighted by atomic mass is 10.1. The third-order valence-electron chi connectivity index (χ3n) is 3.09. The summed E-state index contributed by atoms with van der Waals surface area (Å²) in [7, 11) is 1.66. The molecule has 1 amide bonds. The van der Waals surface area contributed by atoms with Crippen molar-refractivity contribution >= 4 is 18.3 Å². The second-order valence-corrected chi connectivity index (χ2v) is 4.48. The van der Waals surface area contributed by atoms with Gasteiger partial charge in [0.05, 0.1) is 13.2 Å². The zero-order chi connectivity index (χ0) is 13.5. The van der Waals surface area contributed by atoms with Crippen LogP contribution in [0.15, 0.2) is 24.3 Å². The molecule has 1 heterocycles. The van der Waals surface area contributed by atoms with E-state index in [1.807, 2.05) is 24.3 Å². The zero-order valence-electron chi connectivity index (χ0n) is 11.6. The Labute approximate surface area is 125 Å². The summed E-state index contributed by atoms with van der Waals surface area (Å²) in [6.45, 7) is 3.01. The van der Waals surface area contributed by atoms with E-state index in [0.29, 0.717) is 26.3 Å². The first-order valence-electron chi connectivity index (χ1n) is 6.47. The first-order valence-corrected chi connectivity index (χ1v) is 6.47. The molecule has 0 radical (unpaired) electrons. The van der Waals surface area contributed by atoms with Crippen LogP contribution in [-0.4, -0.2) is 38.8 Å². The average Bonchev–Trinajstić information content (AvgIpc) is 2.47. The van der Waals surface area contributed by atoms with Gasteiger partial charge in [0, 0.05) is 26.7 Å². The summed E-state index contributed by atoms with van der Waals surface area (Å²) in [6.07, 6.45) is -0.386. The van der Waals surface area contributed by atoms with E-state index in [0.717, 1.165) is 17.7 Å². The molecule has 1 aromatic rings. The van der Waals surface area contributed by atoms with Crippen molar-refractivity contribution in [3.05, 3.63) is 35.4 Å². The molecule has 2 rings (SSSR count). The highest BCUT2D eigenvalue weighted by Crippen LogP contribution is 2.09. The van der Waals surface area contributed by atoms with Crippen LogP contribution in [0.25, 0.3) is 0 Å². The summed E-state index contributed by atoms with van der Waals surface area (Å²) in [6, 6.07) is 7.92. The summed E-state index contributed by atoms with van der Waals surface area (Å²) < 4.78 is 10.6. The van der Waals surface area contributed by atoms with Gasteiger partial charge in [-0.25, -0.2) is 0 Å². The first-order chi connectivity index (χ1) is 9.31. The number of ether oxygens (including phenoxy) is 2. The van der Waals surface area contributed by atoms with Gasteiger partial charge in [0.15, 0.2) is 0 Å². The summed E-state index contributed by atoms with van der Waals surface area (Å²) >= 11 is 0. The molecule has 1 atom stereocenters. The van der Waals surface area contributed by atoms with Gasteiger partial charge in [0.1, 0.15) is 6.10 Å². The number of amides is 1. The topological polar surface area (TPSA) is 59.6 Å². The van der Waals surface area contributed by atoms with Crippen LogP contribution >= 0.6 is 12.4 Å². The monoisotopic (exact) mass is 300 g/mol. The van der Waals surface area contributed by atoms with Gasteiger partial charge in [-0.2, -0.15) is 0 Å². The second-order valence-electron chi connectivity index (χ2n) is 4.48. The molecule has 1 fully saturated rings. The molecule has 0 aliphatic carbocycles. The summed E-state index contributed by atoms with van der Waals surface area (Å²) in [5.74, 6) is -0.0700. The van der Waals surface area contributed by atoms with Gasteiger partial charge in [-0.05, 0) is 11.1 Å². The number of halogens is 1. The standard InChI is InChI=1S/C14H20N2O3.ClH/c1-18-10-12-5-3-2-4-11(12)8-16-14(17)13-9-15-6-7-19-13;/h2-5,13,15H,6-10H2,1H3,(H,16,17);1H. The molecule has 20 heavy (non-hydrogen) atoms. The van der Waals surface area contributed by atoms with Gasteiger partial charge in [-0.15, -0.1) is 12.4 Å². The van der Waals surface area contributed by atoms with Crippen LogP contribution in [0, 0.1) is 0 Å². The molecule has 1 aliphatic rings. The molecule has 1 unspecified atom stereocenters. The predicted molar refractivity (Wildman–Crippen MR) is 78.9 cm³/mol. The minimum atomic E-state index is -0.386. The third kappa shape index (κ3) is 4.76. The lowest BCUT2D eigenvalue weighted by molar-refractivity contribution is -0.134. The van der Waals surface area contributed by atoms with Crippen molar-refractivity contribution in [1.82, 2.24) is 10.6 Å². The zero-order valence-corrected chi connectivity index (χ0v) is 12.4. The number of nitrogens with one attached hydrogen (secondary N) is 2. The number of benzene rings is 1. The number of rotatable bonds is 5. The Morgan fingerprint density at radius 1 is 1.45 bits per heavy atom. The number of morpholine rings is 1. The average molecular weight is 301 g/mol. The maximum atomic E-state index is 11.9. The Kier molecular flexibility index (Phi) is 7.54. The van der Waals surface area contributed by atoms with Crippen molar-refractivity contribution in [3.8, 4) is 0 Å². The normalized spacial score (nSPS) is 18.1. The smallest absolute Gasteiger partial charge is 0.250 e. The number of hydrogen-bond acceptors (Lipinski definition) is 4. The molecule has 112 valence electrons. The third-order valence-corrected chi connectivity index (χ3v) is 3.09. The van der Waals surface area contributed by atoms with E-state index in [4.69, 9.17) is 9.47 Å². The van der Waals surface area contributed by atoms with Crippen molar-refractivity contribution in [2.24, 2.45) is 0 Å². The van der Waals surface area contributed by atoms with Crippen LogP contribution in [0.5, 0.6) is 0 Å². The Morgan fingerprint density at radius 3 is 2.85 bits per heavy atom. The molecule has 1 aromatic carbocycles. The minimum absolute atomic E-state index is 0. The molecule has 1 saturated heterocycles. The van der Waals surface area contributed by atoms with Crippen molar-refractivity contribution < 1.29 is 14.3 Å². The quantitative estimate of drug-likeness (QED) is 0.847. The van der Waals surface area contributed by atoms with E-state index in [9.17, 15) is 4.79 Å². The van der Waals surface area contributed by atoms with Crippen LogP contribution in [0.1, 0.15) is 11.1 Å². The van der Waals surface area contributed by atoms with Gasteiger partial charge in [0.2, 0.25) is 0 Å². The molecule has 0 spiro atoms. The number of carbonyl (C=O) groups excluding carboxylic acids is 1. The molecular weight excluding hydrogens is 280 g/mol. The van der Waals surface area contributed by atoms with Crippen LogP contribution in [0.4, 0.5) is 0 Å². The number of hydrogen-bond donors (Lipinski definition) is 2. The highest BCUT2D eigenvalue weighted by molar-refractivity contribution is 5.85. The van der Waals surface area contributed by atoms with E-state index in [-0.39, 0.29) is 24.4 Å². The summed E-state index contributed by atoms with van der Waals surface area (Å²) in [5, 5.41) is 6.05. The maximum absolute atomic E-state index is 11.9. The van der Waals surface area contributed by atoms with Crippen molar-refractivity contribution in [2.75, 3.05) is 26.8 Å². The predicted octanol–water partition coefficient (Wildman–Crippen LogP) is 0.859. The Bertz CT molecular complexity index is 423. The van der Waals surface area contributed by atoms with E-state index in [1.165, 1.54) is 0 Å². The number of methoxy groups -OCH3 is 1. The van der Waals surface area contributed by atoms with Gasteiger partial charge in [0.25, 0.3) is 5.91 Å². The van der Waals surface area contributed by atoms with Gasteiger partial charge in [-0.3, -0.25) is 4.79 Å². The van der Waals surface area contributed by atoms with E-state index < -0.39 is 0 Å². The highest BCUT2D eigenvalue weighted by atomic mass is 35.5. The highest BCUT2D eigenvalue weighted by Gasteiger charge is 2.21. The van der Waals surface area contributed by atoms with Crippen LogP contribution in [0.3, 0.4) is 0 Å². The molecule has 6 heteroatoms. The molecule has 5 nitrogen and oxygen atoms in total. The Balaban J connectivity index is 0.00000200. The second kappa shape index (κ2) is 8.92. The molecule has 0 bridgehead atoms. The summed E-state index contributed by atoms with van der Waals surface area (Å²) in [4.78, 5) is 11.9. The number of carbonyl (C=O) groups is 1. The molecule has 0 saturated carbocycles. The fourth-order valence-electron chi connectivity index (χ4n) is 2.06. The molecular formula is C14H21ClN2O3. The van der Waals surface area contributed by atoms with Crippen molar-refractivity contribution in [3.63, 3.8) is 0 Å². The van der Waals surface area contributed by atoms with E-state index in [1.54, 1.807) is 7.11 Å².